The van der Waals surface area contributed by atoms with Crippen LogP contribution < -0.4 is 10.1 Å². The molecule has 0 unspecified atom stereocenters. The van der Waals surface area contributed by atoms with Crippen LogP contribution in [0.3, 0.4) is 0 Å². The molecule has 31 heavy (non-hydrogen) atoms. The van der Waals surface area contributed by atoms with E-state index in [0.717, 1.165) is 11.3 Å². The Kier molecular flexibility index (Phi) is 5.03. The number of piperidine rings is 1. The van der Waals surface area contributed by atoms with Crippen LogP contribution in [0.25, 0.3) is 0 Å². The van der Waals surface area contributed by atoms with Crippen molar-refractivity contribution >= 4 is 11.9 Å². The van der Waals surface area contributed by atoms with Crippen LogP contribution in [0.5, 0.6) is 11.5 Å². The van der Waals surface area contributed by atoms with Gasteiger partial charge in [0.05, 0.1) is 25.2 Å². The van der Waals surface area contributed by atoms with E-state index >= 15 is 0 Å². The summed E-state index contributed by atoms with van der Waals surface area (Å²) in [6, 6.07) is 16.5. The van der Waals surface area contributed by atoms with Gasteiger partial charge in [-0.1, -0.05) is 30.3 Å². The fourth-order valence-corrected chi connectivity index (χ4v) is 4.43. The zero-order chi connectivity index (χ0) is 21.4. The third-order valence-electron chi connectivity index (χ3n) is 6.14. The fraction of sp³-hybridized carbons (Fsp3) is 0.391. The largest absolute Gasteiger partial charge is 0.457 e. The molecule has 2 aromatic rings. The molecule has 0 radical (unpaired) electrons. The zero-order valence-electron chi connectivity index (χ0n) is 17.1. The van der Waals surface area contributed by atoms with E-state index in [4.69, 9.17) is 9.47 Å². The van der Waals surface area contributed by atoms with Crippen molar-refractivity contribution in [2.75, 3.05) is 32.8 Å². The molecule has 3 saturated heterocycles. The minimum Gasteiger partial charge on any atom is -0.457 e. The molecule has 0 aromatic heterocycles. The highest BCUT2D eigenvalue weighted by Gasteiger charge is 2.47. The van der Waals surface area contributed by atoms with E-state index in [1.54, 1.807) is 9.80 Å². The predicted molar refractivity (Wildman–Crippen MR) is 112 cm³/mol. The molecule has 3 aliphatic heterocycles. The van der Waals surface area contributed by atoms with E-state index in [9.17, 15) is 14.7 Å². The molecule has 5 rings (SSSR count). The van der Waals surface area contributed by atoms with E-state index in [1.807, 2.05) is 54.6 Å². The molecular formula is C23H25N3O5. The van der Waals surface area contributed by atoms with Crippen molar-refractivity contribution in [2.24, 2.45) is 0 Å². The van der Waals surface area contributed by atoms with Crippen molar-refractivity contribution in [3.63, 3.8) is 0 Å². The number of hydrogen-bond acceptors (Lipinski definition) is 5. The second-order valence-electron chi connectivity index (χ2n) is 8.37. The number of carbonyl (C=O) groups is 2. The highest BCUT2D eigenvalue weighted by Crippen LogP contribution is 2.34. The molecule has 3 heterocycles. The van der Waals surface area contributed by atoms with E-state index in [1.165, 1.54) is 0 Å². The number of fused-ring (bicyclic) bond motifs is 1. The number of ether oxygens (including phenoxy) is 2. The first-order valence-corrected chi connectivity index (χ1v) is 10.5. The van der Waals surface area contributed by atoms with E-state index in [2.05, 4.69) is 5.32 Å². The molecule has 2 N–H and O–H groups in total. The van der Waals surface area contributed by atoms with Crippen LogP contribution in [0.15, 0.2) is 54.6 Å². The van der Waals surface area contributed by atoms with Crippen molar-refractivity contribution in [2.45, 2.75) is 24.2 Å². The number of rotatable bonds is 3. The number of nitrogens with zero attached hydrogens (tertiary/aromatic N) is 2. The summed E-state index contributed by atoms with van der Waals surface area (Å²) in [6.07, 6.45) is 0.657. The lowest BCUT2D eigenvalue weighted by Gasteiger charge is -2.50. The van der Waals surface area contributed by atoms with Crippen molar-refractivity contribution in [1.29, 1.82) is 0 Å². The zero-order valence-corrected chi connectivity index (χ0v) is 17.1. The second kappa shape index (κ2) is 7.86. The van der Waals surface area contributed by atoms with Gasteiger partial charge in [-0.25, -0.2) is 4.79 Å². The Hall–Kier alpha value is -3.10. The molecule has 0 aliphatic carbocycles. The topological polar surface area (TPSA) is 91.3 Å². The summed E-state index contributed by atoms with van der Waals surface area (Å²) in [4.78, 5) is 27.8. The molecule has 0 saturated carbocycles. The van der Waals surface area contributed by atoms with E-state index in [-0.39, 0.29) is 43.8 Å². The average Bonchev–Trinajstić information content (AvgIpc) is 2.77. The van der Waals surface area contributed by atoms with Crippen molar-refractivity contribution in [3.05, 3.63) is 60.2 Å². The molecule has 3 amide bonds. The van der Waals surface area contributed by atoms with Crippen LogP contribution in [0.1, 0.15) is 12.0 Å². The minimum atomic E-state index is -1.07. The van der Waals surface area contributed by atoms with Gasteiger partial charge in [-0.3, -0.25) is 4.79 Å². The Morgan fingerprint density at radius 2 is 1.77 bits per heavy atom. The number of morpholine rings is 1. The number of likely N-dealkylation sites (tertiary alicyclic amines) is 2. The Labute approximate surface area is 180 Å². The van der Waals surface area contributed by atoms with Crippen LogP contribution >= 0.6 is 0 Å². The van der Waals surface area contributed by atoms with Gasteiger partial charge in [0.25, 0.3) is 0 Å². The molecule has 3 fully saturated rings. The number of urea groups is 1. The highest BCUT2D eigenvalue weighted by molar-refractivity contribution is 5.79. The van der Waals surface area contributed by atoms with Gasteiger partial charge in [0.2, 0.25) is 5.91 Å². The Morgan fingerprint density at radius 1 is 1.06 bits per heavy atom. The standard InChI is InChI=1S/C23H25N3O5/c27-21-13-30-20-10-11-25(12-19(20)24-21)22(28)26-14-23(29,15-26)16-6-8-18(9-7-16)31-17-4-2-1-3-5-17/h1-9,19-20,29H,10-15H2,(H,24,27)/t19-,20+/m1/s1. The molecule has 0 spiro atoms. The lowest BCUT2D eigenvalue weighted by atomic mass is 9.86. The van der Waals surface area contributed by atoms with Crippen LogP contribution in [0, 0.1) is 0 Å². The summed E-state index contributed by atoms with van der Waals surface area (Å²) in [5.74, 6) is 1.29. The molecular weight excluding hydrogens is 398 g/mol. The van der Waals surface area contributed by atoms with Gasteiger partial charge in [0.1, 0.15) is 23.7 Å². The molecule has 3 aliphatic rings. The number of carbonyl (C=O) groups excluding carboxylic acids is 2. The van der Waals surface area contributed by atoms with Gasteiger partial charge in [0.15, 0.2) is 0 Å². The van der Waals surface area contributed by atoms with Crippen LogP contribution in [0.2, 0.25) is 0 Å². The van der Waals surface area contributed by atoms with Gasteiger partial charge in [-0.05, 0) is 36.2 Å². The molecule has 2 aromatic carbocycles. The summed E-state index contributed by atoms with van der Waals surface area (Å²) in [5.41, 5.74) is -0.315. The Balaban J connectivity index is 1.17. The first kappa shape index (κ1) is 19.8. The third kappa shape index (κ3) is 3.96. The van der Waals surface area contributed by atoms with Crippen molar-refractivity contribution in [1.82, 2.24) is 15.1 Å². The Bertz CT molecular complexity index is 959. The van der Waals surface area contributed by atoms with Crippen LogP contribution in [0.4, 0.5) is 4.79 Å². The van der Waals surface area contributed by atoms with Gasteiger partial charge in [-0.2, -0.15) is 0 Å². The van der Waals surface area contributed by atoms with Crippen LogP contribution in [-0.4, -0.2) is 71.8 Å². The van der Waals surface area contributed by atoms with Crippen molar-refractivity contribution < 1.29 is 24.2 Å². The number of benzene rings is 2. The lowest BCUT2D eigenvalue weighted by Crippen LogP contribution is -2.67. The van der Waals surface area contributed by atoms with Gasteiger partial charge < -0.3 is 29.7 Å². The minimum absolute atomic E-state index is 0.0355. The monoisotopic (exact) mass is 423 g/mol. The van der Waals surface area contributed by atoms with Gasteiger partial charge >= 0.3 is 6.03 Å². The summed E-state index contributed by atoms with van der Waals surface area (Å²) in [6.45, 7) is 1.56. The van der Waals surface area contributed by atoms with E-state index < -0.39 is 5.60 Å². The molecule has 162 valence electrons. The maximum atomic E-state index is 12.9. The smallest absolute Gasteiger partial charge is 0.320 e. The Morgan fingerprint density at radius 3 is 2.52 bits per heavy atom. The maximum absolute atomic E-state index is 12.9. The lowest BCUT2D eigenvalue weighted by molar-refractivity contribution is -0.140. The molecule has 2 atom stereocenters. The molecule has 8 nitrogen and oxygen atoms in total. The van der Waals surface area contributed by atoms with Gasteiger partial charge in [0, 0.05) is 13.1 Å². The molecule has 8 heteroatoms. The SMILES string of the molecule is O=C1CO[C@H]2CCN(C(=O)N3CC(O)(c4ccc(Oc5ccccc5)cc4)C3)C[C@H]2N1. The average molecular weight is 423 g/mol. The summed E-state index contributed by atoms with van der Waals surface area (Å²) >= 11 is 0. The maximum Gasteiger partial charge on any atom is 0.320 e. The first-order valence-electron chi connectivity index (χ1n) is 10.5. The normalized spacial score (nSPS) is 24.6. The number of nitrogens with one attached hydrogen (secondary N) is 1. The van der Waals surface area contributed by atoms with Crippen LogP contribution in [-0.2, 0) is 15.1 Å². The molecule has 0 bridgehead atoms. The third-order valence-corrected chi connectivity index (χ3v) is 6.14. The second-order valence-corrected chi connectivity index (χ2v) is 8.37. The fourth-order valence-electron chi connectivity index (χ4n) is 4.43. The number of aliphatic hydroxyl groups is 1. The highest BCUT2D eigenvalue weighted by atomic mass is 16.5. The predicted octanol–water partition coefficient (Wildman–Crippen LogP) is 1.69. The number of para-hydroxylation sites is 1. The number of β-amino-alcohol motifs (C(OH)–C–C–N with tert-alkyl or cyclic N) is 1. The van der Waals surface area contributed by atoms with Crippen molar-refractivity contribution in [3.8, 4) is 11.5 Å². The summed E-state index contributed by atoms with van der Waals surface area (Å²) in [7, 11) is 0. The summed E-state index contributed by atoms with van der Waals surface area (Å²) < 4.78 is 11.3. The number of hydrogen-bond donors (Lipinski definition) is 2. The first-order chi connectivity index (χ1) is 15.0. The number of amides is 3. The van der Waals surface area contributed by atoms with Gasteiger partial charge in [-0.15, -0.1) is 0 Å². The summed E-state index contributed by atoms with van der Waals surface area (Å²) in [5, 5.41) is 13.9. The quantitative estimate of drug-likeness (QED) is 0.784. The van der Waals surface area contributed by atoms with E-state index in [0.29, 0.717) is 25.3 Å².